The molecule has 0 bridgehead atoms. The van der Waals surface area contributed by atoms with E-state index in [4.69, 9.17) is 4.74 Å². The number of amides is 3. The summed E-state index contributed by atoms with van der Waals surface area (Å²) in [6.07, 6.45) is 4.94. The van der Waals surface area contributed by atoms with Gasteiger partial charge in [0.05, 0.1) is 12.1 Å². The summed E-state index contributed by atoms with van der Waals surface area (Å²) in [5.41, 5.74) is 0.243. The van der Waals surface area contributed by atoms with E-state index >= 15 is 0 Å². The molecule has 3 heterocycles. The van der Waals surface area contributed by atoms with Crippen LogP contribution >= 0.6 is 0 Å². The zero-order chi connectivity index (χ0) is 36.7. The Kier molecular flexibility index (Phi) is 13.6. The molecule has 3 aliphatic rings. The monoisotopic (exact) mass is 695 g/mol. The van der Waals surface area contributed by atoms with Crippen molar-refractivity contribution in [1.29, 1.82) is 0 Å². The maximum atomic E-state index is 14.2. The molecule has 3 fully saturated rings. The average Bonchev–Trinajstić information content (AvgIpc) is 3.75. The minimum absolute atomic E-state index is 0.0764. The van der Waals surface area contributed by atoms with Crippen LogP contribution in [0, 0.1) is 11.3 Å². The van der Waals surface area contributed by atoms with Crippen LogP contribution in [0.2, 0.25) is 0 Å². The molecule has 50 heavy (non-hydrogen) atoms. The highest BCUT2D eigenvalue weighted by molar-refractivity contribution is 5.91. The number of likely N-dealkylation sites (N-methyl/N-ethyl adjacent to an activating group) is 2. The highest BCUT2D eigenvalue weighted by Crippen LogP contribution is 2.30. The normalized spacial score (nSPS) is 23.7. The Morgan fingerprint density at radius 2 is 1.54 bits per heavy atom. The molecule has 3 aliphatic heterocycles. The van der Waals surface area contributed by atoms with E-state index in [2.05, 4.69) is 29.0 Å². The molecule has 1 aromatic rings. The number of ether oxygens (including phenoxy) is 1. The molecule has 278 valence electrons. The zero-order valence-corrected chi connectivity index (χ0v) is 31.7. The van der Waals surface area contributed by atoms with Crippen molar-refractivity contribution in [2.45, 2.75) is 129 Å². The van der Waals surface area contributed by atoms with Crippen molar-refractivity contribution in [3.63, 3.8) is 0 Å². The molecule has 2 unspecified atom stereocenters. The van der Waals surface area contributed by atoms with Crippen LogP contribution < -0.4 is 5.32 Å². The van der Waals surface area contributed by atoms with Gasteiger partial charge in [0.25, 0.3) is 0 Å². The van der Waals surface area contributed by atoms with Gasteiger partial charge in [0.15, 0.2) is 0 Å². The van der Waals surface area contributed by atoms with Crippen molar-refractivity contribution >= 4 is 29.5 Å². The molecule has 1 N–H and O–H groups in total. The summed E-state index contributed by atoms with van der Waals surface area (Å²) in [5.74, 6) is -0.787. The molecular weight excluding hydrogens is 634 g/mol. The predicted octanol–water partition coefficient (Wildman–Crippen LogP) is 4.20. The molecule has 0 saturated carbocycles. The quantitative estimate of drug-likeness (QED) is 0.305. The lowest BCUT2D eigenvalue weighted by atomic mass is 9.84. The number of hydrogen-bond donors (Lipinski definition) is 1. The topological polar surface area (TPSA) is 120 Å². The first-order chi connectivity index (χ1) is 23.6. The van der Waals surface area contributed by atoms with E-state index in [1.165, 1.54) is 6.92 Å². The standard InChI is InChI=1S/C39H61N5O6/c1-26(2)32(42(8)37(48)34(39(4,5)6)40-35(46)29-18-12-13-21-41(29)7)25-43-22-14-19-30(43)36(47)44-23-15-20-31(44)38(49)50-33(24-27(3)45)28-16-10-9-11-17-28/h9-11,16-17,26,29-34H,12-15,18-25H2,1-8H3,(H,40,46)/t29-,30+,31?,32-,33?,34-/m1/s1. The number of nitrogens with one attached hydrogen (secondary N) is 1. The number of Topliss-reactive ketones (excluding diaryl/α,β-unsaturated/α-hetero) is 1. The maximum absolute atomic E-state index is 14.2. The van der Waals surface area contributed by atoms with Crippen molar-refractivity contribution in [3.05, 3.63) is 35.9 Å². The van der Waals surface area contributed by atoms with Crippen LogP contribution in [0.5, 0.6) is 0 Å². The lowest BCUT2D eigenvalue weighted by molar-refractivity contribution is -0.160. The fourth-order valence-corrected chi connectivity index (χ4v) is 7.85. The van der Waals surface area contributed by atoms with Gasteiger partial charge in [-0.15, -0.1) is 0 Å². The molecule has 3 amide bonds. The van der Waals surface area contributed by atoms with Gasteiger partial charge in [-0.1, -0.05) is 71.4 Å². The Labute approximate surface area is 299 Å². The second-order valence-corrected chi connectivity index (χ2v) is 16.1. The largest absolute Gasteiger partial charge is 0.455 e. The van der Waals surface area contributed by atoms with E-state index in [0.29, 0.717) is 38.9 Å². The van der Waals surface area contributed by atoms with E-state index < -0.39 is 35.6 Å². The van der Waals surface area contributed by atoms with Gasteiger partial charge in [-0.2, -0.15) is 0 Å². The van der Waals surface area contributed by atoms with Gasteiger partial charge < -0.3 is 19.9 Å². The summed E-state index contributed by atoms with van der Waals surface area (Å²) in [5, 5.41) is 3.13. The summed E-state index contributed by atoms with van der Waals surface area (Å²) in [4.78, 5) is 75.2. The van der Waals surface area contributed by atoms with E-state index in [-0.39, 0.29) is 47.9 Å². The SMILES string of the molecule is CC(=O)CC(OC(=O)C1CCCN1C(=O)[C@@H]1CCCN1C[C@H](C(C)C)N(C)C(=O)[C@@H](NC(=O)[C@H]1CCCCN1C)C(C)(C)C)c1ccccc1. The summed E-state index contributed by atoms with van der Waals surface area (Å²) >= 11 is 0. The number of rotatable bonds is 13. The van der Waals surface area contributed by atoms with Crippen LogP contribution in [0.3, 0.4) is 0 Å². The Morgan fingerprint density at radius 3 is 2.16 bits per heavy atom. The molecule has 11 nitrogen and oxygen atoms in total. The summed E-state index contributed by atoms with van der Waals surface area (Å²) in [6.45, 7) is 14.1. The number of ketones is 1. The number of piperidine rings is 1. The van der Waals surface area contributed by atoms with E-state index in [1.54, 1.807) is 9.80 Å². The van der Waals surface area contributed by atoms with Crippen LogP contribution in [0.1, 0.15) is 105 Å². The van der Waals surface area contributed by atoms with Gasteiger partial charge in [-0.05, 0) is 82.5 Å². The molecule has 0 spiro atoms. The number of carbonyl (C=O) groups is 5. The predicted molar refractivity (Wildman–Crippen MR) is 193 cm³/mol. The minimum Gasteiger partial charge on any atom is -0.455 e. The van der Waals surface area contributed by atoms with Gasteiger partial charge >= 0.3 is 5.97 Å². The molecule has 4 rings (SSSR count). The van der Waals surface area contributed by atoms with E-state index in [0.717, 1.165) is 37.8 Å². The van der Waals surface area contributed by atoms with E-state index in [1.807, 2.05) is 65.2 Å². The average molecular weight is 696 g/mol. The molecular formula is C39H61N5O6. The Hall–Kier alpha value is -3.31. The van der Waals surface area contributed by atoms with Gasteiger partial charge in [-0.25, -0.2) is 4.79 Å². The first kappa shape index (κ1) is 39.5. The highest BCUT2D eigenvalue weighted by Gasteiger charge is 2.44. The molecule has 6 atom stereocenters. The van der Waals surface area contributed by atoms with Crippen LogP contribution in [-0.4, -0.2) is 120 Å². The summed E-state index contributed by atoms with van der Waals surface area (Å²) < 4.78 is 5.93. The first-order valence-electron chi connectivity index (χ1n) is 18.7. The van der Waals surface area contributed by atoms with Crippen molar-refractivity contribution < 1.29 is 28.7 Å². The number of esters is 1. The van der Waals surface area contributed by atoms with Crippen LogP contribution in [0.25, 0.3) is 0 Å². The van der Waals surface area contributed by atoms with Gasteiger partial charge in [0, 0.05) is 32.6 Å². The van der Waals surface area contributed by atoms with Gasteiger partial charge in [0.2, 0.25) is 17.7 Å². The van der Waals surface area contributed by atoms with Crippen LogP contribution in [-0.2, 0) is 28.7 Å². The highest BCUT2D eigenvalue weighted by atomic mass is 16.5. The zero-order valence-electron chi connectivity index (χ0n) is 31.7. The molecule has 1 aromatic carbocycles. The number of nitrogens with zero attached hydrogens (tertiary/aromatic N) is 4. The third kappa shape index (κ3) is 9.72. The molecule has 11 heteroatoms. The third-order valence-corrected chi connectivity index (χ3v) is 10.9. The smallest absolute Gasteiger partial charge is 0.329 e. The van der Waals surface area contributed by atoms with Crippen molar-refractivity contribution in [1.82, 2.24) is 24.9 Å². The van der Waals surface area contributed by atoms with Crippen LogP contribution in [0.4, 0.5) is 0 Å². The Morgan fingerprint density at radius 1 is 0.900 bits per heavy atom. The fourth-order valence-electron chi connectivity index (χ4n) is 7.85. The third-order valence-electron chi connectivity index (χ3n) is 10.9. The van der Waals surface area contributed by atoms with Gasteiger partial charge in [0.1, 0.15) is 24.0 Å². The molecule has 0 aliphatic carbocycles. The lowest BCUT2D eigenvalue weighted by Gasteiger charge is -2.41. The number of hydrogen-bond acceptors (Lipinski definition) is 8. The maximum Gasteiger partial charge on any atom is 0.329 e. The van der Waals surface area contributed by atoms with Crippen molar-refractivity contribution in [2.75, 3.05) is 40.3 Å². The van der Waals surface area contributed by atoms with Crippen LogP contribution in [0.15, 0.2) is 30.3 Å². The minimum atomic E-state index is -0.702. The second-order valence-electron chi connectivity index (χ2n) is 16.1. The Balaban J connectivity index is 1.45. The number of likely N-dealkylation sites (tertiary alicyclic amines) is 3. The summed E-state index contributed by atoms with van der Waals surface area (Å²) in [7, 11) is 3.78. The molecule has 0 aromatic heterocycles. The fraction of sp³-hybridized carbons (Fsp3) is 0.718. The second kappa shape index (κ2) is 17.3. The Bertz CT molecular complexity index is 1350. The van der Waals surface area contributed by atoms with E-state index in [9.17, 15) is 24.0 Å². The van der Waals surface area contributed by atoms with Crippen molar-refractivity contribution in [2.24, 2.45) is 11.3 Å². The number of carbonyl (C=O) groups excluding carboxylic acids is 5. The van der Waals surface area contributed by atoms with Crippen molar-refractivity contribution in [3.8, 4) is 0 Å². The molecule has 0 radical (unpaired) electrons. The summed E-state index contributed by atoms with van der Waals surface area (Å²) in [6, 6.07) is 7.00. The first-order valence-corrected chi connectivity index (χ1v) is 18.7. The number of benzene rings is 1. The molecule has 3 saturated heterocycles. The lowest BCUT2D eigenvalue weighted by Crippen LogP contribution is -2.61. The van der Waals surface area contributed by atoms with Gasteiger partial charge in [-0.3, -0.25) is 29.0 Å².